The molecule has 7 nitrogen and oxygen atoms in total. The fourth-order valence-corrected chi connectivity index (χ4v) is 7.86. The highest BCUT2D eigenvalue weighted by Crippen LogP contribution is 2.41. The molecule has 0 saturated heterocycles. The highest BCUT2D eigenvalue weighted by atomic mass is 16.5. The van der Waals surface area contributed by atoms with Crippen LogP contribution >= 0.6 is 0 Å². The number of aromatic amines is 1. The van der Waals surface area contributed by atoms with Crippen LogP contribution in [0.4, 0.5) is 0 Å². The zero-order valence-corrected chi connectivity index (χ0v) is 26.2. The molecule has 2 aliphatic carbocycles. The van der Waals surface area contributed by atoms with E-state index in [1.165, 1.54) is 27.6 Å². The minimum atomic E-state index is -0.571. The van der Waals surface area contributed by atoms with Crippen molar-refractivity contribution in [2.75, 3.05) is 20.2 Å². The van der Waals surface area contributed by atoms with Crippen molar-refractivity contribution in [2.24, 2.45) is 17.8 Å². The van der Waals surface area contributed by atoms with Crippen LogP contribution < -0.4 is 0 Å². The van der Waals surface area contributed by atoms with E-state index in [0.29, 0.717) is 31.9 Å². The van der Waals surface area contributed by atoms with Crippen LogP contribution in [-0.4, -0.2) is 70.3 Å². The molecule has 0 bridgehead atoms. The zero-order valence-electron chi connectivity index (χ0n) is 26.2. The van der Waals surface area contributed by atoms with Crippen LogP contribution in [0.3, 0.4) is 0 Å². The average molecular weight is 593 g/mol. The second-order valence-electron chi connectivity index (χ2n) is 13.5. The zero-order chi connectivity index (χ0) is 30.3. The van der Waals surface area contributed by atoms with E-state index in [0.717, 1.165) is 70.8 Å². The summed E-state index contributed by atoms with van der Waals surface area (Å²) in [5, 5.41) is 22.1. The standard InChI is InChI=1S/C36H52N2O5/c1-3-4-7-11-26(39)16-17-28-27(33(40)20-34(28)41)12-8-5-6-9-15-35(42)43-23-24-18-30-29-13-10-14-31-36(29)25(21-37-31)19-32(30)38(2)22-24/h10,13-14,18,21,24,26-28,32,34,37,39,41H,3-9,11-12,15-17,19-20,22-23H2,1-2H3/t24-,26+,27-,28-,32-,34-/m1/s1. The molecule has 1 aromatic heterocycles. The predicted molar refractivity (Wildman–Crippen MR) is 171 cm³/mol. The number of fused-ring (bicyclic) bond motifs is 2. The molecule has 1 aliphatic heterocycles. The second-order valence-corrected chi connectivity index (χ2v) is 13.5. The lowest BCUT2D eigenvalue weighted by atomic mass is 9.80. The molecular formula is C36H52N2O5. The van der Waals surface area contributed by atoms with Crippen molar-refractivity contribution in [1.82, 2.24) is 9.88 Å². The summed E-state index contributed by atoms with van der Waals surface area (Å²) in [7, 11) is 2.17. The number of rotatable bonds is 16. The summed E-state index contributed by atoms with van der Waals surface area (Å²) < 4.78 is 5.73. The minimum absolute atomic E-state index is 0.0287. The van der Waals surface area contributed by atoms with Gasteiger partial charge in [0, 0.05) is 54.4 Å². The van der Waals surface area contributed by atoms with Crippen LogP contribution in [0.1, 0.15) is 102 Å². The number of benzene rings is 1. The number of hydrogen-bond donors (Lipinski definition) is 3. The van der Waals surface area contributed by atoms with Gasteiger partial charge in [-0.1, -0.05) is 63.7 Å². The SMILES string of the molecule is CCCCC[C@H](O)CC[C@H]1[C@H](O)CC(=O)[C@@H]1CCCCCCC(=O)OC[C@@H]1C=C2c3cccc4[nH]cc(c34)C[C@H]2N(C)C1. The molecule has 3 aliphatic rings. The molecule has 3 N–H and O–H groups in total. The Kier molecular flexibility index (Phi) is 11.1. The number of H-pyrrole nitrogens is 1. The lowest BCUT2D eigenvalue weighted by molar-refractivity contribution is -0.144. The van der Waals surface area contributed by atoms with Gasteiger partial charge in [-0.2, -0.15) is 0 Å². The Morgan fingerprint density at radius 2 is 1.93 bits per heavy atom. The Balaban J connectivity index is 0.999. The summed E-state index contributed by atoms with van der Waals surface area (Å²) in [6.45, 7) is 3.45. The van der Waals surface area contributed by atoms with Gasteiger partial charge in [-0.3, -0.25) is 14.5 Å². The first-order chi connectivity index (χ1) is 20.9. The van der Waals surface area contributed by atoms with Crippen LogP contribution in [0.25, 0.3) is 16.5 Å². The molecule has 2 aromatic rings. The van der Waals surface area contributed by atoms with Crippen LogP contribution in [0, 0.1) is 17.8 Å². The van der Waals surface area contributed by atoms with E-state index in [1.54, 1.807) is 0 Å². The quantitative estimate of drug-likeness (QED) is 0.158. The third-order valence-corrected chi connectivity index (χ3v) is 10.3. The number of carbonyl (C=O) groups is 2. The summed E-state index contributed by atoms with van der Waals surface area (Å²) in [5.41, 5.74) is 5.22. The Morgan fingerprint density at radius 1 is 1.09 bits per heavy atom. The monoisotopic (exact) mass is 592 g/mol. The molecule has 0 unspecified atom stereocenters. The number of ether oxygens (including phenoxy) is 1. The summed E-state index contributed by atoms with van der Waals surface area (Å²) >= 11 is 0. The summed E-state index contributed by atoms with van der Waals surface area (Å²) in [5.74, 6) is 0.105. The van der Waals surface area contributed by atoms with Gasteiger partial charge in [-0.15, -0.1) is 0 Å². The molecule has 7 heteroatoms. The number of likely N-dealkylation sites (N-methyl/N-ethyl adjacent to an activating group) is 1. The fourth-order valence-electron chi connectivity index (χ4n) is 7.86. The molecule has 43 heavy (non-hydrogen) atoms. The molecule has 0 radical (unpaired) electrons. The number of Topliss-reactive ketones (excluding diaryl/α,β-unsaturated/α-hetero) is 1. The van der Waals surface area contributed by atoms with Gasteiger partial charge in [0.15, 0.2) is 0 Å². The van der Waals surface area contributed by atoms with Crippen molar-refractivity contribution < 1.29 is 24.5 Å². The first kappa shape index (κ1) is 31.9. The average Bonchev–Trinajstić information content (AvgIpc) is 3.53. The van der Waals surface area contributed by atoms with E-state index in [1.807, 2.05) is 0 Å². The van der Waals surface area contributed by atoms with Crippen molar-refractivity contribution in [3.05, 3.63) is 41.6 Å². The first-order valence-electron chi connectivity index (χ1n) is 16.9. The number of esters is 1. The van der Waals surface area contributed by atoms with Crippen molar-refractivity contribution in [3.63, 3.8) is 0 Å². The summed E-state index contributed by atoms with van der Waals surface area (Å²) in [6, 6.07) is 6.82. The van der Waals surface area contributed by atoms with Gasteiger partial charge in [-0.25, -0.2) is 0 Å². The smallest absolute Gasteiger partial charge is 0.305 e. The topological polar surface area (TPSA) is 103 Å². The van der Waals surface area contributed by atoms with Crippen LogP contribution in [0.5, 0.6) is 0 Å². The normalized spacial score (nSPS) is 26.0. The van der Waals surface area contributed by atoms with Gasteiger partial charge < -0.3 is 19.9 Å². The Labute approximate surface area is 257 Å². The molecule has 0 spiro atoms. The second kappa shape index (κ2) is 15.0. The maximum Gasteiger partial charge on any atom is 0.305 e. The number of nitrogens with zero attached hydrogens (tertiary/aromatic N) is 1. The van der Waals surface area contributed by atoms with Gasteiger partial charge in [0.1, 0.15) is 5.78 Å². The van der Waals surface area contributed by atoms with Gasteiger partial charge in [0.2, 0.25) is 0 Å². The van der Waals surface area contributed by atoms with E-state index in [9.17, 15) is 19.8 Å². The van der Waals surface area contributed by atoms with Crippen LogP contribution in [0.15, 0.2) is 30.5 Å². The molecule has 1 saturated carbocycles. The molecule has 5 rings (SSSR count). The largest absolute Gasteiger partial charge is 0.465 e. The van der Waals surface area contributed by atoms with Crippen molar-refractivity contribution >= 4 is 28.2 Å². The molecular weight excluding hydrogens is 540 g/mol. The van der Waals surface area contributed by atoms with Gasteiger partial charge >= 0.3 is 5.97 Å². The van der Waals surface area contributed by atoms with Crippen LogP contribution in [-0.2, 0) is 20.7 Å². The van der Waals surface area contributed by atoms with Crippen molar-refractivity contribution in [1.29, 1.82) is 0 Å². The summed E-state index contributed by atoms with van der Waals surface area (Å²) in [4.78, 5) is 30.9. The first-order valence-corrected chi connectivity index (χ1v) is 16.9. The number of nitrogens with one attached hydrogen (secondary N) is 1. The van der Waals surface area contributed by atoms with E-state index in [4.69, 9.17) is 4.74 Å². The number of aliphatic hydroxyl groups excluding tert-OH is 2. The predicted octanol–water partition coefficient (Wildman–Crippen LogP) is 6.21. The minimum Gasteiger partial charge on any atom is -0.465 e. The van der Waals surface area contributed by atoms with Gasteiger partial charge in [0.25, 0.3) is 0 Å². The third kappa shape index (κ3) is 7.79. The number of aliphatic hydroxyl groups is 2. The molecule has 6 atom stereocenters. The molecule has 0 amide bonds. The Hall–Kier alpha value is -2.48. The fraction of sp³-hybridized carbons (Fsp3) is 0.667. The van der Waals surface area contributed by atoms with E-state index in [-0.39, 0.29) is 42.0 Å². The third-order valence-electron chi connectivity index (χ3n) is 10.3. The van der Waals surface area contributed by atoms with E-state index >= 15 is 0 Å². The van der Waals surface area contributed by atoms with Gasteiger partial charge in [-0.05, 0) is 74.3 Å². The highest BCUT2D eigenvalue weighted by molar-refractivity contribution is 5.98. The highest BCUT2D eigenvalue weighted by Gasteiger charge is 2.40. The maximum absolute atomic E-state index is 12.6. The number of unbranched alkanes of at least 4 members (excludes halogenated alkanes) is 5. The number of aromatic nitrogens is 1. The Bertz CT molecular complexity index is 1270. The van der Waals surface area contributed by atoms with Crippen LogP contribution in [0.2, 0.25) is 0 Å². The molecule has 2 heterocycles. The van der Waals surface area contributed by atoms with Crippen molar-refractivity contribution in [3.8, 4) is 0 Å². The lowest BCUT2D eigenvalue weighted by Gasteiger charge is -2.39. The Morgan fingerprint density at radius 3 is 2.77 bits per heavy atom. The van der Waals surface area contributed by atoms with E-state index < -0.39 is 6.10 Å². The maximum atomic E-state index is 12.6. The van der Waals surface area contributed by atoms with Crippen molar-refractivity contribution in [2.45, 2.75) is 115 Å². The number of carbonyl (C=O) groups excluding carboxylic acids is 2. The molecule has 1 fully saturated rings. The van der Waals surface area contributed by atoms with Gasteiger partial charge in [0.05, 0.1) is 18.8 Å². The number of ketones is 1. The lowest BCUT2D eigenvalue weighted by Crippen LogP contribution is -2.43. The number of hydrogen-bond acceptors (Lipinski definition) is 6. The van der Waals surface area contributed by atoms with E-state index in [2.05, 4.69) is 54.3 Å². The summed E-state index contributed by atoms with van der Waals surface area (Å²) in [6.07, 6.45) is 15.1. The molecule has 1 aromatic carbocycles. The molecule has 236 valence electrons.